The molecule has 1 aromatic carbocycles. The molecule has 136 valence electrons. The summed E-state index contributed by atoms with van der Waals surface area (Å²) < 4.78 is 6.52. The number of benzene rings is 1. The standard InChI is InChI=1S/C19H21BrN4OS/c1-25-17-5-4-14(20)9-16(17)19-23-15(12-26-19)11-24-8-2-3-13(10-24)18-21-6-7-22-18/h4-7,9,12-13H,2-3,8,10-11H2,1H3,(H,21,22)/t13-/m0/s1. The van der Waals surface area contributed by atoms with Gasteiger partial charge in [0.25, 0.3) is 0 Å². The third-order valence-corrected chi connectivity index (χ3v) is 6.16. The molecule has 3 aromatic rings. The van der Waals surface area contributed by atoms with Crippen LogP contribution in [0.1, 0.15) is 30.3 Å². The minimum absolute atomic E-state index is 0.488. The predicted octanol–water partition coefficient (Wildman–Crippen LogP) is 4.68. The number of halogens is 1. The number of imidazole rings is 1. The fraction of sp³-hybridized carbons (Fsp3) is 0.368. The Hall–Kier alpha value is -1.70. The molecule has 1 aliphatic heterocycles. The molecular formula is C19H21BrN4OS. The van der Waals surface area contributed by atoms with Crippen molar-refractivity contribution in [1.29, 1.82) is 0 Å². The molecule has 0 unspecified atom stereocenters. The minimum Gasteiger partial charge on any atom is -0.496 e. The highest BCUT2D eigenvalue weighted by Crippen LogP contribution is 2.35. The van der Waals surface area contributed by atoms with Crippen molar-refractivity contribution in [3.63, 3.8) is 0 Å². The van der Waals surface area contributed by atoms with Crippen LogP contribution < -0.4 is 4.74 Å². The molecule has 5 nitrogen and oxygen atoms in total. The summed E-state index contributed by atoms with van der Waals surface area (Å²) in [6.07, 6.45) is 6.14. The molecule has 1 fully saturated rings. The highest BCUT2D eigenvalue weighted by Gasteiger charge is 2.23. The largest absolute Gasteiger partial charge is 0.496 e. The van der Waals surface area contributed by atoms with Crippen LogP contribution in [0.25, 0.3) is 10.6 Å². The number of hydrogen-bond donors (Lipinski definition) is 1. The minimum atomic E-state index is 0.488. The summed E-state index contributed by atoms with van der Waals surface area (Å²) in [6, 6.07) is 6.02. The molecule has 26 heavy (non-hydrogen) atoms. The molecule has 7 heteroatoms. The quantitative estimate of drug-likeness (QED) is 0.635. The summed E-state index contributed by atoms with van der Waals surface area (Å²) in [6.45, 7) is 3.02. The van der Waals surface area contributed by atoms with Crippen molar-refractivity contribution in [3.05, 3.63) is 52.0 Å². The summed E-state index contributed by atoms with van der Waals surface area (Å²) in [5, 5.41) is 3.16. The van der Waals surface area contributed by atoms with E-state index < -0.39 is 0 Å². The number of nitrogens with one attached hydrogen (secondary N) is 1. The van der Waals surface area contributed by atoms with Crippen LogP contribution in [-0.2, 0) is 6.54 Å². The van der Waals surface area contributed by atoms with Gasteiger partial charge in [0, 0.05) is 41.3 Å². The Morgan fingerprint density at radius 1 is 1.42 bits per heavy atom. The number of nitrogens with zero attached hydrogens (tertiary/aromatic N) is 3. The summed E-state index contributed by atoms with van der Waals surface area (Å²) in [7, 11) is 1.70. The second-order valence-corrected chi connectivity index (χ2v) is 8.31. The molecular weight excluding hydrogens is 412 g/mol. The maximum absolute atomic E-state index is 5.49. The number of rotatable bonds is 5. The molecule has 2 aromatic heterocycles. The van der Waals surface area contributed by atoms with Gasteiger partial charge in [-0.3, -0.25) is 4.90 Å². The molecule has 0 radical (unpaired) electrons. The van der Waals surface area contributed by atoms with Crippen molar-refractivity contribution in [2.45, 2.75) is 25.3 Å². The molecule has 1 atom stereocenters. The fourth-order valence-corrected chi connectivity index (χ4v) is 4.70. The second kappa shape index (κ2) is 7.90. The normalized spacial score (nSPS) is 18.2. The molecule has 1 N–H and O–H groups in total. The maximum Gasteiger partial charge on any atom is 0.129 e. The maximum atomic E-state index is 5.49. The first-order valence-electron chi connectivity index (χ1n) is 8.73. The van der Waals surface area contributed by atoms with E-state index in [1.807, 2.05) is 24.5 Å². The van der Waals surface area contributed by atoms with Crippen LogP contribution >= 0.6 is 27.3 Å². The zero-order chi connectivity index (χ0) is 17.9. The number of likely N-dealkylation sites (tertiary alicyclic amines) is 1. The Bertz CT molecular complexity index is 864. The van der Waals surface area contributed by atoms with Crippen molar-refractivity contribution >= 4 is 27.3 Å². The Kier molecular flexibility index (Phi) is 5.38. The number of thiazole rings is 1. The third kappa shape index (κ3) is 3.84. The molecule has 1 saturated heterocycles. The van der Waals surface area contributed by atoms with Crippen molar-refractivity contribution in [3.8, 4) is 16.3 Å². The van der Waals surface area contributed by atoms with E-state index in [1.54, 1.807) is 18.4 Å². The van der Waals surface area contributed by atoms with Crippen LogP contribution in [0.5, 0.6) is 5.75 Å². The lowest BCUT2D eigenvalue weighted by molar-refractivity contribution is 0.195. The van der Waals surface area contributed by atoms with Gasteiger partial charge < -0.3 is 9.72 Å². The Balaban J connectivity index is 1.48. The van der Waals surface area contributed by atoms with Gasteiger partial charge in [0.2, 0.25) is 0 Å². The van der Waals surface area contributed by atoms with Crippen molar-refractivity contribution in [2.75, 3.05) is 20.2 Å². The van der Waals surface area contributed by atoms with Crippen LogP contribution in [0.3, 0.4) is 0 Å². The average molecular weight is 433 g/mol. The highest BCUT2D eigenvalue weighted by atomic mass is 79.9. The molecule has 0 bridgehead atoms. The SMILES string of the molecule is COc1ccc(Br)cc1-c1nc(CN2CCC[C@H](c3ncc[nH]3)C2)cs1. The molecule has 1 aliphatic rings. The van der Waals surface area contributed by atoms with Gasteiger partial charge >= 0.3 is 0 Å². The van der Waals surface area contributed by atoms with E-state index >= 15 is 0 Å². The van der Waals surface area contributed by atoms with Gasteiger partial charge in [-0.25, -0.2) is 9.97 Å². The number of aromatic amines is 1. The lowest BCUT2D eigenvalue weighted by Crippen LogP contribution is -2.34. The molecule has 4 rings (SSSR count). The Labute approximate surface area is 165 Å². The molecule has 0 spiro atoms. The second-order valence-electron chi connectivity index (χ2n) is 6.54. The summed E-state index contributed by atoms with van der Waals surface area (Å²) in [5.74, 6) is 2.44. The van der Waals surface area contributed by atoms with Crippen molar-refractivity contribution in [2.24, 2.45) is 0 Å². The molecule has 3 heterocycles. The molecule has 0 amide bonds. The lowest BCUT2D eigenvalue weighted by atomic mass is 9.97. The first-order chi connectivity index (χ1) is 12.7. The van der Waals surface area contributed by atoms with E-state index in [2.05, 4.69) is 42.2 Å². The first-order valence-corrected chi connectivity index (χ1v) is 10.4. The fourth-order valence-electron chi connectivity index (χ4n) is 3.50. The Morgan fingerprint density at radius 2 is 2.35 bits per heavy atom. The molecule has 0 saturated carbocycles. The zero-order valence-corrected chi connectivity index (χ0v) is 17.0. The van der Waals surface area contributed by atoms with Gasteiger partial charge in [-0.1, -0.05) is 15.9 Å². The van der Waals surface area contributed by atoms with Gasteiger partial charge in [0.05, 0.1) is 18.4 Å². The van der Waals surface area contributed by atoms with E-state index in [1.165, 1.54) is 12.8 Å². The van der Waals surface area contributed by atoms with Crippen LogP contribution in [-0.4, -0.2) is 40.1 Å². The molecule has 0 aliphatic carbocycles. The summed E-state index contributed by atoms with van der Waals surface area (Å²) in [5.41, 5.74) is 2.15. The first kappa shape index (κ1) is 17.7. The van der Waals surface area contributed by atoms with Gasteiger partial charge in [0.1, 0.15) is 16.6 Å². The lowest BCUT2D eigenvalue weighted by Gasteiger charge is -2.31. The average Bonchev–Trinajstić information content (AvgIpc) is 3.34. The van der Waals surface area contributed by atoms with E-state index in [0.717, 1.165) is 51.9 Å². The summed E-state index contributed by atoms with van der Waals surface area (Å²) >= 11 is 5.21. The number of aromatic nitrogens is 3. The number of ether oxygens (including phenoxy) is 1. The van der Waals surface area contributed by atoms with Gasteiger partial charge in [0.15, 0.2) is 0 Å². The number of H-pyrrole nitrogens is 1. The van der Waals surface area contributed by atoms with Crippen LogP contribution in [0, 0.1) is 0 Å². The van der Waals surface area contributed by atoms with Crippen LogP contribution in [0.2, 0.25) is 0 Å². The van der Waals surface area contributed by atoms with E-state index in [0.29, 0.717) is 5.92 Å². The van der Waals surface area contributed by atoms with E-state index in [4.69, 9.17) is 9.72 Å². The van der Waals surface area contributed by atoms with Crippen molar-refractivity contribution < 1.29 is 4.74 Å². The topological polar surface area (TPSA) is 54.0 Å². The predicted molar refractivity (Wildman–Crippen MR) is 108 cm³/mol. The van der Waals surface area contributed by atoms with Gasteiger partial charge in [-0.15, -0.1) is 11.3 Å². The number of methoxy groups -OCH3 is 1. The highest BCUT2D eigenvalue weighted by molar-refractivity contribution is 9.10. The summed E-state index contributed by atoms with van der Waals surface area (Å²) in [4.78, 5) is 15.0. The van der Waals surface area contributed by atoms with E-state index in [-0.39, 0.29) is 0 Å². The number of hydrogen-bond acceptors (Lipinski definition) is 5. The van der Waals surface area contributed by atoms with Crippen molar-refractivity contribution in [1.82, 2.24) is 19.9 Å². The monoisotopic (exact) mass is 432 g/mol. The van der Waals surface area contributed by atoms with Gasteiger partial charge in [-0.05, 0) is 37.6 Å². The zero-order valence-electron chi connectivity index (χ0n) is 14.6. The van der Waals surface area contributed by atoms with Crippen LogP contribution in [0.15, 0.2) is 40.4 Å². The van der Waals surface area contributed by atoms with Gasteiger partial charge in [-0.2, -0.15) is 0 Å². The number of piperidine rings is 1. The Morgan fingerprint density at radius 3 is 3.15 bits per heavy atom. The smallest absolute Gasteiger partial charge is 0.129 e. The van der Waals surface area contributed by atoms with E-state index in [9.17, 15) is 0 Å². The third-order valence-electron chi connectivity index (χ3n) is 4.74. The van der Waals surface area contributed by atoms with Crippen LogP contribution in [0.4, 0.5) is 0 Å².